The van der Waals surface area contributed by atoms with E-state index in [0.717, 1.165) is 44.3 Å². The van der Waals surface area contributed by atoms with Crippen molar-refractivity contribution in [3.63, 3.8) is 0 Å². The van der Waals surface area contributed by atoms with Gasteiger partial charge in [-0.3, -0.25) is 4.79 Å². The first-order valence-corrected chi connectivity index (χ1v) is 7.15. The Morgan fingerprint density at radius 2 is 1.67 bits per heavy atom. The summed E-state index contributed by atoms with van der Waals surface area (Å²) in [5.41, 5.74) is 1.03. The van der Waals surface area contributed by atoms with Gasteiger partial charge in [-0.25, -0.2) is 0 Å². The van der Waals surface area contributed by atoms with Crippen molar-refractivity contribution in [2.75, 3.05) is 11.4 Å². The second kappa shape index (κ2) is 8.73. The summed E-state index contributed by atoms with van der Waals surface area (Å²) in [7, 11) is 0. The van der Waals surface area contributed by atoms with Crippen LogP contribution in [-0.2, 0) is 4.79 Å². The van der Waals surface area contributed by atoms with Gasteiger partial charge in [0, 0.05) is 18.7 Å². The molecule has 0 atom stereocenters. The molecule has 0 aromatic heterocycles. The minimum atomic E-state index is 0.267. The summed E-state index contributed by atoms with van der Waals surface area (Å²) in [6.45, 7) is 5.16. The van der Waals surface area contributed by atoms with Crippen molar-refractivity contribution in [1.29, 1.82) is 0 Å². The second-order valence-electron chi connectivity index (χ2n) is 4.69. The van der Waals surface area contributed by atoms with E-state index in [0.29, 0.717) is 6.42 Å². The Balaban J connectivity index is 2.63. The van der Waals surface area contributed by atoms with E-state index in [-0.39, 0.29) is 5.91 Å². The molecule has 0 heterocycles. The molecule has 0 saturated carbocycles. The average Bonchev–Trinajstić information content (AvgIpc) is 2.41. The molecule has 0 spiro atoms. The summed E-state index contributed by atoms with van der Waals surface area (Å²) < 4.78 is 0. The van der Waals surface area contributed by atoms with Crippen LogP contribution in [0.15, 0.2) is 30.3 Å². The minimum Gasteiger partial charge on any atom is -0.312 e. The highest BCUT2D eigenvalue weighted by Crippen LogP contribution is 2.16. The molecule has 1 aromatic rings. The molecule has 0 N–H and O–H groups in total. The monoisotopic (exact) mass is 247 g/mol. The number of unbranched alkanes of at least 4 members (excludes halogenated alkanes) is 3. The molecule has 0 bridgehead atoms. The molecule has 0 radical (unpaired) electrons. The van der Waals surface area contributed by atoms with Gasteiger partial charge < -0.3 is 4.90 Å². The first kappa shape index (κ1) is 14.7. The fourth-order valence-corrected chi connectivity index (χ4v) is 1.98. The predicted molar refractivity (Wildman–Crippen MR) is 77.8 cm³/mol. The highest BCUT2D eigenvalue weighted by Gasteiger charge is 2.13. The number of carbonyl (C=O) groups excluding carboxylic acids is 1. The van der Waals surface area contributed by atoms with Crippen LogP contribution in [0.25, 0.3) is 0 Å². The molecule has 18 heavy (non-hydrogen) atoms. The zero-order valence-electron chi connectivity index (χ0n) is 11.7. The van der Waals surface area contributed by atoms with Crippen molar-refractivity contribution in [2.24, 2.45) is 0 Å². The number of benzene rings is 1. The summed E-state index contributed by atoms with van der Waals surface area (Å²) in [4.78, 5) is 14.2. The van der Waals surface area contributed by atoms with E-state index in [1.165, 1.54) is 0 Å². The first-order chi connectivity index (χ1) is 8.79. The van der Waals surface area contributed by atoms with Crippen LogP contribution >= 0.6 is 0 Å². The van der Waals surface area contributed by atoms with Crippen molar-refractivity contribution in [2.45, 2.75) is 52.4 Å². The fraction of sp³-hybridized carbons (Fsp3) is 0.562. The fourth-order valence-electron chi connectivity index (χ4n) is 1.98. The van der Waals surface area contributed by atoms with E-state index in [1.807, 2.05) is 35.2 Å². The Hall–Kier alpha value is -1.31. The molecular weight excluding hydrogens is 222 g/mol. The normalized spacial score (nSPS) is 10.3. The molecule has 2 heteroatoms. The number of hydrogen-bond acceptors (Lipinski definition) is 1. The van der Waals surface area contributed by atoms with Gasteiger partial charge in [0.15, 0.2) is 0 Å². The summed E-state index contributed by atoms with van der Waals surface area (Å²) in [5.74, 6) is 0.267. The van der Waals surface area contributed by atoms with Crippen LogP contribution in [-0.4, -0.2) is 12.5 Å². The van der Waals surface area contributed by atoms with Crippen molar-refractivity contribution >= 4 is 11.6 Å². The van der Waals surface area contributed by atoms with Gasteiger partial charge in [-0.15, -0.1) is 0 Å². The van der Waals surface area contributed by atoms with Gasteiger partial charge in [0.05, 0.1) is 0 Å². The lowest BCUT2D eigenvalue weighted by Gasteiger charge is -2.22. The van der Waals surface area contributed by atoms with Crippen LogP contribution in [0.1, 0.15) is 52.4 Å². The van der Waals surface area contributed by atoms with Gasteiger partial charge in [-0.1, -0.05) is 51.3 Å². The van der Waals surface area contributed by atoms with Gasteiger partial charge in [-0.05, 0) is 25.0 Å². The number of para-hydroxylation sites is 1. The minimum absolute atomic E-state index is 0.267. The standard InChI is InChI=1S/C16H25NO/c1-3-5-8-13-16(18)17(14-6-4-2)15-11-9-7-10-12-15/h7,9-12H,3-6,8,13-14H2,1-2H3. The Labute approximate surface area is 111 Å². The quantitative estimate of drug-likeness (QED) is 0.623. The summed E-state index contributed by atoms with van der Waals surface area (Å²) in [6.07, 6.45) is 6.16. The maximum atomic E-state index is 12.3. The summed E-state index contributed by atoms with van der Waals surface area (Å²) in [6, 6.07) is 10.0. The molecule has 0 aliphatic carbocycles. The lowest BCUT2D eigenvalue weighted by atomic mass is 10.1. The van der Waals surface area contributed by atoms with E-state index >= 15 is 0 Å². The third-order valence-corrected chi connectivity index (χ3v) is 3.10. The molecule has 1 aromatic carbocycles. The van der Waals surface area contributed by atoms with Crippen molar-refractivity contribution in [3.05, 3.63) is 30.3 Å². The predicted octanol–water partition coefficient (Wildman–Crippen LogP) is 4.40. The van der Waals surface area contributed by atoms with Crippen LogP contribution in [0.5, 0.6) is 0 Å². The Bertz CT molecular complexity index is 334. The topological polar surface area (TPSA) is 20.3 Å². The molecule has 0 aliphatic rings. The van der Waals surface area contributed by atoms with E-state index in [2.05, 4.69) is 13.8 Å². The van der Waals surface area contributed by atoms with Gasteiger partial charge in [-0.2, -0.15) is 0 Å². The van der Waals surface area contributed by atoms with E-state index in [4.69, 9.17) is 0 Å². The van der Waals surface area contributed by atoms with E-state index < -0.39 is 0 Å². The second-order valence-corrected chi connectivity index (χ2v) is 4.69. The van der Waals surface area contributed by atoms with Gasteiger partial charge in [0.25, 0.3) is 0 Å². The van der Waals surface area contributed by atoms with Gasteiger partial charge >= 0.3 is 0 Å². The molecule has 100 valence electrons. The maximum Gasteiger partial charge on any atom is 0.226 e. The maximum absolute atomic E-state index is 12.3. The first-order valence-electron chi connectivity index (χ1n) is 7.15. The average molecular weight is 247 g/mol. The van der Waals surface area contributed by atoms with Crippen LogP contribution in [0.2, 0.25) is 0 Å². The molecule has 0 unspecified atom stereocenters. The zero-order chi connectivity index (χ0) is 13.2. The number of carbonyl (C=O) groups is 1. The van der Waals surface area contributed by atoms with E-state index in [1.54, 1.807) is 0 Å². The summed E-state index contributed by atoms with van der Waals surface area (Å²) >= 11 is 0. The molecule has 2 nitrogen and oxygen atoms in total. The third-order valence-electron chi connectivity index (χ3n) is 3.10. The number of nitrogens with zero attached hydrogens (tertiary/aromatic N) is 1. The van der Waals surface area contributed by atoms with Crippen molar-refractivity contribution < 1.29 is 4.79 Å². The van der Waals surface area contributed by atoms with Crippen molar-refractivity contribution in [1.82, 2.24) is 0 Å². The SMILES string of the molecule is CCCCCC(=O)N(CCCC)c1ccccc1. The Kier molecular flexibility index (Phi) is 7.16. The smallest absolute Gasteiger partial charge is 0.226 e. The zero-order valence-corrected chi connectivity index (χ0v) is 11.7. The van der Waals surface area contributed by atoms with Gasteiger partial charge in [0.1, 0.15) is 0 Å². The highest BCUT2D eigenvalue weighted by molar-refractivity contribution is 5.93. The molecule has 0 fully saturated rings. The summed E-state index contributed by atoms with van der Waals surface area (Å²) in [5, 5.41) is 0. The van der Waals surface area contributed by atoms with Crippen LogP contribution in [0.4, 0.5) is 5.69 Å². The Morgan fingerprint density at radius 3 is 2.28 bits per heavy atom. The molecule has 0 saturated heterocycles. The van der Waals surface area contributed by atoms with Crippen LogP contribution < -0.4 is 4.90 Å². The highest BCUT2D eigenvalue weighted by atomic mass is 16.2. The third kappa shape index (κ3) is 4.91. The van der Waals surface area contributed by atoms with Crippen LogP contribution in [0, 0.1) is 0 Å². The number of rotatable bonds is 8. The van der Waals surface area contributed by atoms with Crippen molar-refractivity contribution in [3.8, 4) is 0 Å². The lowest BCUT2D eigenvalue weighted by Crippen LogP contribution is -2.31. The number of anilines is 1. The van der Waals surface area contributed by atoms with Gasteiger partial charge in [0.2, 0.25) is 5.91 Å². The lowest BCUT2D eigenvalue weighted by molar-refractivity contribution is -0.118. The van der Waals surface area contributed by atoms with Crippen LogP contribution in [0.3, 0.4) is 0 Å². The molecule has 1 amide bonds. The largest absolute Gasteiger partial charge is 0.312 e. The molecular formula is C16H25NO. The Morgan fingerprint density at radius 1 is 1.00 bits per heavy atom. The molecule has 0 aliphatic heterocycles. The number of amides is 1. The van der Waals surface area contributed by atoms with E-state index in [9.17, 15) is 4.79 Å². The number of hydrogen-bond donors (Lipinski definition) is 0. The molecule has 1 rings (SSSR count).